The molecule has 1 aliphatic carbocycles. The summed E-state index contributed by atoms with van der Waals surface area (Å²) in [6.45, 7) is 1.63. The Morgan fingerprint density at radius 1 is 1.27 bits per heavy atom. The van der Waals surface area contributed by atoms with E-state index in [-0.39, 0.29) is 5.56 Å². The summed E-state index contributed by atoms with van der Waals surface area (Å²) in [5, 5.41) is 2.97. The number of benzene rings is 1. The number of nitrogens with zero attached hydrogens (tertiary/aromatic N) is 2. The van der Waals surface area contributed by atoms with Crippen molar-refractivity contribution in [2.45, 2.75) is 43.0 Å². The number of urea groups is 1. The Morgan fingerprint density at radius 2 is 1.97 bits per heavy atom. The number of amides is 3. The van der Waals surface area contributed by atoms with Crippen molar-refractivity contribution in [1.82, 2.24) is 14.9 Å². The fourth-order valence-corrected chi connectivity index (χ4v) is 5.87. The Balaban J connectivity index is 1.88. The van der Waals surface area contributed by atoms with Gasteiger partial charge in [0.05, 0.1) is 16.3 Å². The van der Waals surface area contributed by atoms with E-state index in [2.05, 4.69) is 5.32 Å². The van der Waals surface area contributed by atoms with Gasteiger partial charge in [0.25, 0.3) is 5.56 Å². The highest BCUT2D eigenvalue weighted by Gasteiger charge is 2.25. The summed E-state index contributed by atoms with van der Waals surface area (Å²) in [7, 11) is 0. The summed E-state index contributed by atoms with van der Waals surface area (Å²) in [6, 6.07) is 5.97. The van der Waals surface area contributed by atoms with Crippen molar-refractivity contribution in [1.29, 1.82) is 0 Å². The molecule has 1 atom stereocenters. The van der Waals surface area contributed by atoms with E-state index in [0.717, 1.165) is 43.0 Å². The lowest BCUT2D eigenvalue weighted by Crippen LogP contribution is -2.39. The van der Waals surface area contributed by atoms with Crippen LogP contribution in [0, 0.1) is 0 Å². The molecule has 0 spiro atoms. The zero-order chi connectivity index (χ0) is 21.4. The largest absolute Gasteiger partial charge is 0.351 e. The SMILES string of the molecule is C[C@@H](Sc1nc2sc3c(c2c(=O)n1-c1ccc(Cl)cc1)CCCC3)C(=O)NC(N)=O. The molecule has 0 saturated carbocycles. The monoisotopic (exact) mass is 462 g/mol. The van der Waals surface area contributed by atoms with Crippen LogP contribution in [0.3, 0.4) is 0 Å². The quantitative estimate of drug-likeness (QED) is 0.454. The first-order valence-corrected chi connectivity index (χ1v) is 11.5. The van der Waals surface area contributed by atoms with E-state index >= 15 is 0 Å². The van der Waals surface area contributed by atoms with Gasteiger partial charge in [-0.3, -0.25) is 19.5 Å². The van der Waals surface area contributed by atoms with Gasteiger partial charge in [0.15, 0.2) is 5.16 Å². The van der Waals surface area contributed by atoms with Crippen molar-refractivity contribution in [3.63, 3.8) is 0 Å². The smallest absolute Gasteiger partial charge is 0.318 e. The van der Waals surface area contributed by atoms with Gasteiger partial charge < -0.3 is 5.73 Å². The predicted molar refractivity (Wildman–Crippen MR) is 120 cm³/mol. The number of carbonyl (C=O) groups is 2. The summed E-state index contributed by atoms with van der Waals surface area (Å²) in [4.78, 5) is 43.5. The molecule has 1 aliphatic rings. The van der Waals surface area contributed by atoms with E-state index < -0.39 is 17.2 Å². The van der Waals surface area contributed by atoms with Gasteiger partial charge in [-0.1, -0.05) is 23.4 Å². The number of hydrogen-bond donors (Lipinski definition) is 2. The van der Waals surface area contributed by atoms with Crippen LogP contribution in [-0.2, 0) is 17.6 Å². The van der Waals surface area contributed by atoms with Gasteiger partial charge in [-0.2, -0.15) is 0 Å². The number of thiophene rings is 1. The first-order chi connectivity index (χ1) is 14.3. The van der Waals surface area contributed by atoms with Crippen molar-refractivity contribution in [2.75, 3.05) is 0 Å². The number of hydrogen-bond acceptors (Lipinski definition) is 6. The zero-order valence-corrected chi connectivity index (χ0v) is 18.5. The molecule has 0 unspecified atom stereocenters. The summed E-state index contributed by atoms with van der Waals surface area (Å²) in [6.07, 6.45) is 3.99. The first kappa shape index (κ1) is 20.9. The fraction of sp³-hybridized carbons (Fsp3) is 0.300. The van der Waals surface area contributed by atoms with Crippen LogP contribution in [0.1, 0.15) is 30.2 Å². The fourth-order valence-electron chi connectivity index (χ4n) is 3.52. The Morgan fingerprint density at radius 3 is 2.67 bits per heavy atom. The number of primary amides is 1. The number of fused-ring (bicyclic) bond motifs is 3. The topological polar surface area (TPSA) is 107 Å². The third kappa shape index (κ3) is 3.97. The summed E-state index contributed by atoms with van der Waals surface area (Å²) in [5.74, 6) is -0.546. The average molecular weight is 463 g/mol. The minimum Gasteiger partial charge on any atom is -0.351 e. The molecule has 10 heteroatoms. The molecule has 30 heavy (non-hydrogen) atoms. The maximum atomic E-state index is 13.6. The molecule has 2 aromatic heterocycles. The van der Waals surface area contributed by atoms with Gasteiger partial charge in [0, 0.05) is 9.90 Å². The van der Waals surface area contributed by atoms with Crippen LogP contribution in [0.5, 0.6) is 0 Å². The molecule has 0 saturated heterocycles. The molecule has 1 aromatic carbocycles. The molecule has 0 bridgehead atoms. The Labute approximate surface area is 185 Å². The lowest BCUT2D eigenvalue weighted by atomic mass is 9.97. The molecule has 0 radical (unpaired) electrons. The van der Waals surface area contributed by atoms with Crippen LogP contribution in [0.15, 0.2) is 34.2 Å². The second-order valence-electron chi connectivity index (χ2n) is 7.02. The van der Waals surface area contributed by atoms with Gasteiger partial charge in [0.2, 0.25) is 5.91 Å². The lowest BCUT2D eigenvalue weighted by molar-refractivity contribution is -0.119. The maximum Gasteiger partial charge on any atom is 0.318 e. The molecule has 3 amide bonds. The minimum absolute atomic E-state index is 0.160. The van der Waals surface area contributed by atoms with Gasteiger partial charge in [-0.25, -0.2) is 9.78 Å². The highest BCUT2D eigenvalue weighted by atomic mass is 35.5. The second kappa shape index (κ2) is 8.41. The number of carbonyl (C=O) groups excluding carboxylic acids is 2. The van der Waals surface area contributed by atoms with Gasteiger partial charge >= 0.3 is 6.03 Å². The first-order valence-electron chi connectivity index (χ1n) is 9.45. The number of thioether (sulfide) groups is 1. The second-order valence-corrected chi connectivity index (χ2v) is 9.84. The Hall–Kier alpha value is -2.36. The van der Waals surface area contributed by atoms with E-state index in [0.29, 0.717) is 26.1 Å². The van der Waals surface area contributed by atoms with E-state index in [1.165, 1.54) is 9.44 Å². The van der Waals surface area contributed by atoms with Crippen LogP contribution in [0.25, 0.3) is 15.9 Å². The van der Waals surface area contributed by atoms with Crippen LogP contribution in [0.2, 0.25) is 5.02 Å². The number of halogens is 1. The highest BCUT2D eigenvalue weighted by molar-refractivity contribution is 8.00. The van der Waals surface area contributed by atoms with Crippen molar-refractivity contribution < 1.29 is 9.59 Å². The average Bonchev–Trinajstić information content (AvgIpc) is 3.07. The normalized spacial score (nSPS) is 14.3. The predicted octanol–water partition coefficient (Wildman–Crippen LogP) is 3.65. The number of nitrogens with two attached hydrogens (primary N) is 1. The van der Waals surface area contributed by atoms with Gasteiger partial charge in [-0.05, 0) is 62.4 Å². The number of aromatic nitrogens is 2. The minimum atomic E-state index is -0.920. The third-order valence-corrected chi connectivity index (χ3v) is 7.43. The molecule has 2 heterocycles. The maximum absolute atomic E-state index is 13.6. The lowest BCUT2D eigenvalue weighted by Gasteiger charge is -2.16. The molecule has 0 fully saturated rings. The van der Waals surface area contributed by atoms with Crippen molar-refractivity contribution >= 4 is 56.9 Å². The number of imide groups is 1. The standard InChI is InChI=1S/C20H19ClN4O3S2/c1-10(16(26)23-19(22)28)29-20-24-17-15(13-4-2-3-5-14(13)30-17)18(27)25(20)12-8-6-11(21)7-9-12/h6-10H,2-5H2,1H3,(H3,22,23,26,28)/t10-/m1/s1. The highest BCUT2D eigenvalue weighted by Crippen LogP contribution is 2.35. The molecule has 4 rings (SSSR count). The van der Waals surface area contributed by atoms with Crippen LogP contribution in [0.4, 0.5) is 4.79 Å². The Kier molecular flexibility index (Phi) is 5.86. The molecule has 156 valence electrons. The van der Waals surface area contributed by atoms with Gasteiger partial charge in [0.1, 0.15) is 4.83 Å². The number of rotatable bonds is 4. The van der Waals surface area contributed by atoms with Crippen molar-refractivity contribution in [2.24, 2.45) is 5.73 Å². The molecule has 7 nitrogen and oxygen atoms in total. The van der Waals surface area contributed by atoms with Crippen LogP contribution in [-0.4, -0.2) is 26.7 Å². The summed E-state index contributed by atoms with van der Waals surface area (Å²) >= 11 is 8.67. The van der Waals surface area contributed by atoms with E-state index in [9.17, 15) is 14.4 Å². The molecule has 0 aliphatic heterocycles. The Bertz CT molecular complexity index is 1200. The molecule has 3 N–H and O–H groups in total. The van der Waals surface area contributed by atoms with Crippen molar-refractivity contribution in [3.05, 3.63) is 50.1 Å². The van der Waals surface area contributed by atoms with E-state index in [1.807, 2.05) is 0 Å². The van der Waals surface area contributed by atoms with Crippen LogP contribution >= 0.6 is 34.7 Å². The summed E-state index contributed by atoms with van der Waals surface area (Å²) in [5.41, 5.74) is 6.60. The third-order valence-electron chi connectivity index (χ3n) is 4.94. The van der Waals surface area contributed by atoms with E-state index in [4.69, 9.17) is 22.3 Å². The molecular weight excluding hydrogens is 444 g/mol. The summed E-state index contributed by atoms with van der Waals surface area (Å²) < 4.78 is 1.51. The number of aryl methyl sites for hydroxylation is 2. The zero-order valence-electron chi connectivity index (χ0n) is 16.1. The van der Waals surface area contributed by atoms with Gasteiger partial charge in [-0.15, -0.1) is 11.3 Å². The van der Waals surface area contributed by atoms with Crippen molar-refractivity contribution in [3.8, 4) is 5.69 Å². The number of nitrogens with one attached hydrogen (secondary N) is 1. The molecular formula is C20H19ClN4O3S2. The van der Waals surface area contributed by atoms with E-state index in [1.54, 1.807) is 42.5 Å². The molecule has 3 aromatic rings. The van der Waals surface area contributed by atoms with Crippen LogP contribution < -0.4 is 16.6 Å².